The van der Waals surface area contributed by atoms with Crippen LogP contribution in [0.5, 0.6) is 0 Å². The van der Waals surface area contributed by atoms with Crippen molar-refractivity contribution in [3.8, 4) is 0 Å². The number of nitrogens with one attached hydrogen (secondary N) is 1. The van der Waals surface area contributed by atoms with Crippen LogP contribution in [0.4, 0.5) is 10.2 Å². The fraction of sp³-hybridized carbons (Fsp3) is 0.286. The van der Waals surface area contributed by atoms with Gasteiger partial charge in [0.05, 0.1) is 22.9 Å². The van der Waals surface area contributed by atoms with Gasteiger partial charge in [0.25, 0.3) is 0 Å². The third kappa shape index (κ3) is 3.66. The van der Waals surface area contributed by atoms with Crippen molar-refractivity contribution in [1.29, 1.82) is 0 Å². The summed E-state index contributed by atoms with van der Waals surface area (Å²) in [5.74, 6) is -0.975. The van der Waals surface area contributed by atoms with Crippen LogP contribution in [0.2, 0.25) is 0 Å². The Kier molecular flexibility index (Phi) is 4.50. The number of aromatic nitrogens is 2. The molecule has 1 heterocycles. The van der Waals surface area contributed by atoms with Gasteiger partial charge in [-0.25, -0.2) is 4.39 Å². The maximum absolute atomic E-state index is 12.9. The molecule has 2 aromatic rings. The summed E-state index contributed by atoms with van der Waals surface area (Å²) in [6, 6.07) is 6.81. The van der Waals surface area contributed by atoms with E-state index in [1.807, 2.05) is 0 Å². The molecule has 0 saturated heterocycles. The van der Waals surface area contributed by atoms with E-state index in [1.165, 1.54) is 22.9 Å². The fourth-order valence-electron chi connectivity index (χ4n) is 2.00. The lowest BCUT2D eigenvalue weighted by molar-refractivity contribution is -0.389. The van der Waals surface area contributed by atoms with Gasteiger partial charge in [-0.1, -0.05) is 12.1 Å². The summed E-state index contributed by atoms with van der Waals surface area (Å²) in [4.78, 5) is 22.0. The molecule has 0 unspecified atom stereocenters. The first kappa shape index (κ1) is 15.6. The van der Waals surface area contributed by atoms with Crippen LogP contribution >= 0.6 is 0 Å². The number of carbonyl (C=O) groups is 1. The molecule has 0 aliphatic rings. The van der Waals surface area contributed by atoms with Crippen LogP contribution in [0.15, 0.2) is 30.3 Å². The van der Waals surface area contributed by atoms with E-state index >= 15 is 0 Å². The van der Waals surface area contributed by atoms with Gasteiger partial charge in [0, 0.05) is 0 Å². The molecular formula is C14H15FN4O3. The Hall–Kier alpha value is -2.77. The topological polar surface area (TPSA) is 90.1 Å². The summed E-state index contributed by atoms with van der Waals surface area (Å²) >= 11 is 0. The molecule has 0 spiro atoms. The average molecular weight is 306 g/mol. The number of amides is 1. The van der Waals surface area contributed by atoms with Crippen molar-refractivity contribution >= 4 is 11.7 Å². The highest BCUT2D eigenvalue weighted by atomic mass is 19.1. The largest absolute Gasteiger partial charge is 0.390 e. The lowest BCUT2D eigenvalue weighted by Gasteiger charge is -2.14. The summed E-state index contributed by atoms with van der Waals surface area (Å²) < 4.78 is 14.1. The average Bonchev–Trinajstić information content (AvgIpc) is 2.81. The van der Waals surface area contributed by atoms with Crippen LogP contribution in [0, 0.1) is 22.9 Å². The van der Waals surface area contributed by atoms with Crippen molar-refractivity contribution in [3.05, 3.63) is 57.5 Å². The second kappa shape index (κ2) is 6.33. The standard InChI is InChI=1S/C14H15FN4O3/c1-9-7-13(19(21)22)17-18(9)8-14(20)16-10(2)11-3-5-12(15)6-4-11/h3-7,10H,8H2,1-2H3,(H,16,20)/t10-/m1/s1. The highest BCUT2D eigenvalue weighted by molar-refractivity contribution is 5.76. The van der Waals surface area contributed by atoms with Gasteiger partial charge in [-0.15, -0.1) is 0 Å². The molecule has 2 rings (SSSR count). The van der Waals surface area contributed by atoms with E-state index < -0.39 is 4.92 Å². The molecule has 0 aliphatic heterocycles. The predicted molar refractivity (Wildman–Crippen MR) is 76.6 cm³/mol. The van der Waals surface area contributed by atoms with Crippen LogP contribution in [-0.4, -0.2) is 20.6 Å². The van der Waals surface area contributed by atoms with Crippen LogP contribution < -0.4 is 5.32 Å². The van der Waals surface area contributed by atoms with E-state index in [4.69, 9.17) is 0 Å². The minimum absolute atomic E-state index is 0.120. The molecule has 1 atom stereocenters. The first-order valence-corrected chi connectivity index (χ1v) is 6.60. The first-order valence-electron chi connectivity index (χ1n) is 6.60. The monoisotopic (exact) mass is 306 g/mol. The molecule has 1 amide bonds. The summed E-state index contributed by atoms with van der Waals surface area (Å²) in [6.45, 7) is 3.28. The van der Waals surface area contributed by atoms with Crippen molar-refractivity contribution in [3.63, 3.8) is 0 Å². The number of carbonyl (C=O) groups excluding carboxylic acids is 1. The Morgan fingerprint density at radius 3 is 2.64 bits per heavy atom. The SMILES string of the molecule is Cc1cc([N+](=O)[O-])nn1CC(=O)N[C@H](C)c1ccc(F)cc1. The predicted octanol–water partition coefficient (Wildman–Crippen LogP) is 2.12. The van der Waals surface area contributed by atoms with Crippen LogP contribution in [0.1, 0.15) is 24.2 Å². The number of hydrogen-bond donors (Lipinski definition) is 1. The van der Waals surface area contributed by atoms with Crippen molar-refractivity contribution < 1.29 is 14.1 Å². The van der Waals surface area contributed by atoms with Gasteiger partial charge in [0.2, 0.25) is 5.91 Å². The van der Waals surface area contributed by atoms with Gasteiger partial charge >= 0.3 is 5.82 Å². The van der Waals surface area contributed by atoms with Gasteiger partial charge in [-0.3, -0.25) is 4.79 Å². The van der Waals surface area contributed by atoms with E-state index in [2.05, 4.69) is 10.4 Å². The van der Waals surface area contributed by atoms with Gasteiger partial charge < -0.3 is 15.4 Å². The summed E-state index contributed by atoms with van der Waals surface area (Å²) in [5.41, 5.74) is 1.29. The van der Waals surface area contributed by atoms with E-state index in [0.717, 1.165) is 5.56 Å². The Morgan fingerprint density at radius 2 is 2.09 bits per heavy atom. The number of rotatable bonds is 5. The lowest BCUT2D eigenvalue weighted by Crippen LogP contribution is -2.30. The second-order valence-electron chi connectivity index (χ2n) is 4.90. The Bertz CT molecular complexity index is 697. The maximum Gasteiger partial charge on any atom is 0.390 e. The summed E-state index contributed by atoms with van der Waals surface area (Å²) in [7, 11) is 0. The highest BCUT2D eigenvalue weighted by Crippen LogP contribution is 2.14. The molecule has 0 fully saturated rings. The third-order valence-electron chi connectivity index (χ3n) is 3.20. The van der Waals surface area contributed by atoms with E-state index in [1.54, 1.807) is 26.0 Å². The molecule has 22 heavy (non-hydrogen) atoms. The molecule has 1 aromatic carbocycles. The minimum atomic E-state index is -0.609. The number of benzene rings is 1. The van der Waals surface area contributed by atoms with E-state index in [-0.39, 0.29) is 30.1 Å². The van der Waals surface area contributed by atoms with Crippen molar-refractivity contribution in [2.75, 3.05) is 0 Å². The molecule has 0 bridgehead atoms. The molecule has 0 aliphatic carbocycles. The molecule has 1 N–H and O–H groups in total. The molecule has 116 valence electrons. The number of hydrogen-bond acceptors (Lipinski definition) is 4. The van der Waals surface area contributed by atoms with E-state index in [9.17, 15) is 19.3 Å². The van der Waals surface area contributed by atoms with Crippen molar-refractivity contribution in [1.82, 2.24) is 15.1 Å². The quantitative estimate of drug-likeness (QED) is 0.676. The van der Waals surface area contributed by atoms with Crippen molar-refractivity contribution in [2.45, 2.75) is 26.4 Å². The van der Waals surface area contributed by atoms with E-state index in [0.29, 0.717) is 5.69 Å². The fourth-order valence-corrected chi connectivity index (χ4v) is 2.00. The highest BCUT2D eigenvalue weighted by Gasteiger charge is 2.18. The second-order valence-corrected chi connectivity index (χ2v) is 4.90. The number of aryl methyl sites for hydroxylation is 1. The van der Waals surface area contributed by atoms with Gasteiger partial charge in [0.15, 0.2) is 0 Å². The number of halogens is 1. The van der Waals surface area contributed by atoms with Crippen LogP contribution in [-0.2, 0) is 11.3 Å². The number of nitrogens with zero attached hydrogens (tertiary/aromatic N) is 3. The first-order chi connectivity index (χ1) is 10.4. The Labute approximate surface area is 125 Å². The maximum atomic E-state index is 12.9. The smallest absolute Gasteiger partial charge is 0.358 e. The third-order valence-corrected chi connectivity index (χ3v) is 3.20. The van der Waals surface area contributed by atoms with Gasteiger partial charge in [-0.05, 0) is 36.5 Å². The molecule has 7 nitrogen and oxygen atoms in total. The lowest BCUT2D eigenvalue weighted by atomic mass is 10.1. The van der Waals surface area contributed by atoms with Crippen LogP contribution in [0.3, 0.4) is 0 Å². The zero-order chi connectivity index (χ0) is 16.3. The summed E-state index contributed by atoms with van der Waals surface area (Å²) in [6.07, 6.45) is 0. The zero-order valence-corrected chi connectivity index (χ0v) is 12.1. The molecule has 1 aromatic heterocycles. The Balaban J connectivity index is 2.00. The molecule has 0 radical (unpaired) electrons. The minimum Gasteiger partial charge on any atom is -0.358 e. The molecule has 8 heteroatoms. The zero-order valence-electron chi connectivity index (χ0n) is 12.1. The Morgan fingerprint density at radius 1 is 1.45 bits per heavy atom. The van der Waals surface area contributed by atoms with Gasteiger partial charge in [-0.2, -0.15) is 4.68 Å². The number of nitro groups is 1. The van der Waals surface area contributed by atoms with Gasteiger partial charge in [0.1, 0.15) is 12.4 Å². The normalized spacial score (nSPS) is 12.0. The van der Waals surface area contributed by atoms with Crippen LogP contribution in [0.25, 0.3) is 0 Å². The molecule has 0 saturated carbocycles. The molecular weight excluding hydrogens is 291 g/mol. The summed E-state index contributed by atoms with van der Waals surface area (Å²) in [5, 5.41) is 17.1. The van der Waals surface area contributed by atoms with Crippen molar-refractivity contribution in [2.24, 2.45) is 0 Å².